The predicted octanol–water partition coefficient (Wildman–Crippen LogP) is 3.95. The number of rotatable bonds is 9. The van der Waals surface area contributed by atoms with E-state index < -0.39 is 9.84 Å². The van der Waals surface area contributed by atoms with Crippen LogP contribution >= 0.6 is 23.1 Å². The Bertz CT molecular complexity index is 1160. The third kappa shape index (κ3) is 6.06. The van der Waals surface area contributed by atoms with Gasteiger partial charge in [0.25, 0.3) is 0 Å². The fourth-order valence-corrected chi connectivity index (χ4v) is 5.69. The smallest absolute Gasteiger partial charge is 0.233 e. The molecule has 0 aliphatic heterocycles. The number of fused-ring (bicyclic) bond motifs is 1. The highest BCUT2D eigenvalue weighted by atomic mass is 32.2. The van der Waals surface area contributed by atoms with E-state index in [4.69, 9.17) is 0 Å². The minimum atomic E-state index is -3.41. The van der Waals surface area contributed by atoms with Crippen molar-refractivity contribution in [2.24, 2.45) is 0 Å². The number of benzene rings is 2. The topological polar surface area (TPSA) is 70.6 Å². The summed E-state index contributed by atoms with van der Waals surface area (Å²) in [6.07, 6.45) is 1.44. The minimum absolute atomic E-state index is 0.0577. The zero-order valence-corrected chi connectivity index (χ0v) is 20.6. The van der Waals surface area contributed by atoms with Gasteiger partial charge in [-0.15, -0.1) is 11.8 Å². The van der Waals surface area contributed by atoms with Crippen molar-refractivity contribution in [1.29, 1.82) is 0 Å². The van der Waals surface area contributed by atoms with E-state index in [1.54, 1.807) is 28.8 Å². The third-order valence-corrected chi connectivity index (χ3v) is 7.73. The van der Waals surface area contributed by atoms with Gasteiger partial charge in [-0.05, 0) is 49.7 Å². The summed E-state index contributed by atoms with van der Waals surface area (Å²) in [6.45, 7) is 3.26. The van der Waals surface area contributed by atoms with E-state index in [0.717, 1.165) is 16.0 Å². The number of carbonyl (C=O) groups excluding carboxylic acids is 1. The second kappa shape index (κ2) is 10.1. The fraction of sp³-hybridized carbons (Fsp3) is 0.364. The average molecular weight is 478 g/mol. The van der Waals surface area contributed by atoms with Gasteiger partial charge < -0.3 is 4.90 Å². The van der Waals surface area contributed by atoms with Crippen LogP contribution in [0.5, 0.6) is 0 Å². The van der Waals surface area contributed by atoms with Crippen LogP contribution in [0.4, 0.5) is 5.13 Å². The van der Waals surface area contributed by atoms with E-state index in [0.29, 0.717) is 23.7 Å². The maximum absolute atomic E-state index is 13.2. The summed E-state index contributed by atoms with van der Waals surface area (Å²) >= 11 is 3.11. The summed E-state index contributed by atoms with van der Waals surface area (Å²) in [4.78, 5) is 22.9. The molecule has 6 nitrogen and oxygen atoms in total. The minimum Gasteiger partial charge on any atom is -0.308 e. The van der Waals surface area contributed by atoms with Crippen molar-refractivity contribution >= 4 is 54.2 Å². The first-order chi connectivity index (χ1) is 14.7. The summed E-state index contributed by atoms with van der Waals surface area (Å²) in [6, 6.07) is 13.2. The molecule has 3 aromatic rings. The highest BCUT2D eigenvalue weighted by molar-refractivity contribution is 7.99. The van der Waals surface area contributed by atoms with Gasteiger partial charge in [0.05, 0.1) is 16.0 Å². The zero-order valence-electron chi connectivity index (χ0n) is 18.2. The highest BCUT2D eigenvalue weighted by Crippen LogP contribution is 2.33. The number of nitrogens with zero attached hydrogens (tertiary/aromatic N) is 3. The molecular formula is C22H27N3O3S3. The second-order valence-electron chi connectivity index (χ2n) is 7.47. The Morgan fingerprint density at radius 2 is 1.81 bits per heavy atom. The molecule has 2 aromatic carbocycles. The quantitative estimate of drug-likeness (QED) is 0.435. The summed E-state index contributed by atoms with van der Waals surface area (Å²) in [5, 5.41) is 0.524. The van der Waals surface area contributed by atoms with Gasteiger partial charge in [-0.3, -0.25) is 9.69 Å². The number of likely N-dealkylation sites (N-methyl/N-ethyl adjacent to an activating group) is 1. The van der Waals surface area contributed by atoms with Gasteiger partial charge in [-0.25, -0.2) is 13.4 Å². The number of hydrogen-bond donors (Lipinski definition) is 0. The van der Waals surface area contributed by atoms with Crippen molar-refractivity contribution in [2.45, 2.75) is 23.1 Å². The molecule has 0 spiro atoms. The summed E-state index contributed by atoms with van der Waals surface area (Å²) in [5.41, 5.74) is 1.37. The van der Waals surface area contributed by atoms with Crippen LogP contribution in [-0.4, -0.2) is 63.4 Å². The Morgan fingerprint density at radius 1 is 1.10 bits per heavy atom. The molecule has 0 fully saturated rings. The molecule has 0 aliphatic carbocycles. The molecule has 31 heavy (non-hydrogen) atoms. The monoisotopic (exact) mass is 477 g/mol. The molecule has 9 heteroatoms. The Labute approximate surface area is 192 Å². The number of amides is 1. The van der Waals surface area contributed by atoms with Crippen LogP contribution < -0.4 is 4.90 Å². The van der Waals surface area contributed by atoms with Crippen LogP contribution in [0.3, 0.4) is 0 Å². The number of sulfone groups is 1. The third-order valence-electron chi connectivity index (χ3n) is 4.66. The Kier molecular flexibility index (Phi) is 7.74. The molecule has 0 saturated carbocycles. The number of para-hydroxylation sites is 1. The number of thiazole rings is 1. The van der Waals surface area contributed by atoms with Gasteiger partial charge in [0, 0.05) is 24.2 Å². The first kappa shape index (κ1) is 23.7. The predicted molar refractivity (Wildman–Crippen MR) is 130 cm³/mol. The number of thioether (sulfide) groups is 1. The average Bonchev–Trinajstić information content (AvgIpc) is 3.12. The van der Waals surface area contributed by atoms with Crippen LogP contribution in [-0.2, 0) is 21.1 Å². The molecule has 1 heterocycles. The number of hydrogen-bond acceptors (Lipinski definition) is 7. The van der Waals surface area contributed by atoms with E-state index in [1.165, 1.54) is 22.5 Å². The summed E-state index contributed by atoms with van der Waals surface area (Å²) < 4.78 is 25.1. The highest BCUT2D eigenvalue weighted by Gasteiger charge is 2.22. The summed E-state index contributed by atoms with van der Waals surface area (Å²) in [7, 11) is 0.488. The van der Waals surface area contributed by atoms with Crippen LogP contribution in [0, 0.1) is 0 Å². The van der Waals surface area contributed by atoms with Crippen molar-refractivity contribution < 1.29 is 13.2 Å². The molecule has 0 bridgehead atoms. The standard InChI is InChI=1S/C22H27N3O3S3/c1-5-29-17-11-9-16(10-12-17)15-20(26)25(14-13-24(2)3)22-23-21-18(30-22)7-6-8-19(21)31(4,27)28/h6-12H,5,13-15H2,1-4H3. The molecule has 3 rings (SSSR count). The van der Waals surface area contributed by atoms with E-state index in [9.17, 15) is 13.2 Å². The lowest BCUT2D eigenvalue weighted by molar-refractivity contribution is -0.118. The molecule has 0 N–H and O–H groups in total. The first-order valence-electron chi connectivity index (χ1n) is 9.95. The lowest BCUT2D eigenvalue weighted by Gasteiger charge is -2.22. The Hall–Kier alpha value is -1.94. The van der Waals surface area contributed by atoms with E-state index in [-0.39, 0.29) is 17.2 Å². The van der Waals surface area contributed by atoms with Gasteiger partial charge in [0.1, 0.15) is 5.52 Å². The maximum Gasteiger partial charge on any atom is 0.233 e. The normalized spacial score (nSPS) is 11.9. The van der Waals surface area contributed by atoms with Gasteiger partial charge in [0.15, 0.2) is 15.0 Å². The Morgan fingerprint density at radius 3 is 2.42 bits per heavy atom. The van der Waals surface area contributed by atoms with E-state index in [2.05, 4.69) is 11.9 Å². The van der Waals surface area contributed by atoms with Crippen molar-refractivity contribution in [3.05, 3.63) is 48.0 Å². The van der Waals surface area contributed by atoms with Gasteiger partial charge in [0.2, 0.25) is 5.91 Å². The van der Waals surface area contributed by atoms with Crippen LogP contribution in [0.25, 0.3) is 10.2 Å². The van der Waals surface area contributed by atoms with Crippen molar-refractivity contribution in [1.82, 2.24) is 9.88 Å². The molecule has 1 aromatic heterocycles. The largest absolute Gasteiger partial charge is 0.308 e. The molecule has 0 aliphatic rings. The van der Waals surface area contributed by atoms with Crippen molar-refractivity contribution in [2.75, 3.05) is 44.1 Å². The van der Waals surface area contributed by atoms with Crippen LogP contribution in [0.2, 0.25) is 0 Å². The van der Waals surface area contributed by atoms with Crippen LogP contribution in [0.1, 0.15) is 12.5 Å². The fourth-order valence-electron chi connectivity index (χ4n) is 3.09. The number of carbonyl (C=O) groups is 1. The molecular weight excluding hydrogens is 450 g/mol. The first-order valence-corrected chi connectivity index (χ1v) is 13.6. The van der Waals surface area contributed by atoms with Gasteiger partial charge >= 0.3 is 0 Å². The SMILES string of the molecule is CCSc1ccc(CC(=O)N(CCN(C)C)c2nc3c(S(C)(=O)=O)cccc3s2)cc1. The lowest BCUT2D eigenvalue weighted by atomic mass is 10.1. The molecule has 1 amide bonds. The van der Waals surface area contributed by atoms with E-state index >= 15 is 0 Å². The number of anilines is 1. The molecule has 0 atom stereocenters. The summed E-state index contributed by atoms with van der Waals surface area (Å²) in [5.74, 6) is 0.946. The molecule has 0 saturated heterocycles. The van der Waals surface area contributed by atoms with Gasteiger partial charge in [-0.1, -0.05) is 36.5 Å². The van der Waals surface area contributed by atoms with Crippen molar-refractivity contribution in [3.63, 3.8) is 0 Å². The van der Waals surface area contributed by atoms with Gasteiger partial charge in [-0.2, -0.15) is 0 Å². The van der Waals surface area contributed by atoms with Crippen LogP contribution in [0.15, 0.2) is 52.3 Å². The molecule has 0 unspecified atom stereocenters. The zero-order chi connectivity index (χ0) is 22.6. The lowest BCUT2D eigenvalue weighted by Crippen LogP contribution is -2.37. The maximum atomic E-state index is 13.2. The van der Waals surface area contributed by atoms with E-state index in [1.807, 2.05) is 49.3 Å². The molecule has 166 valence electrons. The van der Waals surface area contributed by atoms with Crippen molar-refractivity contribution in [3.8, 4) is 0 Å². The number of aromatic nitrogens is 1. The second-order valence-corrected chi connectivity index (χ2v) is 11.8. The Balaban J connectivity index is 1.92. The molecule has 0 radical (unpaired) electrons.